The number of carbonyl (C=O) groups excluding carboxylic acids is 2. The predicted molar refractivity (Wildman–Crippen MR) is 93.9 cm³/mol. The fraction of sp³-hybridized carbons (Fsp3) is 0.0625. The Bertz CT molecular complexity index is 863. The van der Waals surface area contributed by atoms with Crippen molar-refractivity contribution >= 4 is 46.2 Å². The lowest BCUT2D eigenvalue weighted by molar-refractivity contribution is -0.119. The van der Waals surface area contributed by atoms with Gasteiger partial charge >= 0.3 is 0 Å². The van der Waals surface area contributed by atoms with Gasteiger partial charge < -0.3 is 4.98 Å². The Balaban J connectivity index is 1.51. The van der Waals surface area contributed by atoms with Crippen LogP contribution in [0.4, 0.5) is 0 Å². The largest absolute Gasteiger partial charge is 0.333 e. The molecule has 0 aliphatic rings. The SMILES string of the molecule is O=C(CSc1nc2ccccc2[nH]1)NNC(=O)c1ccccc1Cl. The summed E-state index contributed by atoms with van der Waals surface area (Å²) >= 11 is 7.17. The molecule has 1 aromatic heterocycles. The van der Waals surface area contributed by atoms with Gasteiger partial charge in [-0.2, -0.15) is 0 Å². The van der Waals surface area contributed by atoms with Gasteiger partial charge in [-0.05, 0) is 24.3 Å². The van der Waals surface area contributed by atoms with Crippen molar-refractivity contribution in [1.29, 1.82) is 0 Å². The van der Waals surface area contributed by atoms with Crippen molar-refractivity contribution in [3.05, 3.63) is 59.1 Å². The standard InChI is InChI=1S/C16H13ClN4O2S/c17-11-6-2-1-5-10(11)15(23)21-20-14(22)9-24-16-18-12-7-3-4-8-13(12)19-16/h1-8H,9H2,(H,18,19)(H,20,22)(H,21,23). The van der Waals surface area contributed by atoms with Crippen LogP contribution in [0.15, 0.2) is 53.7 Å². The quantitative estimate of drug-likeness (QED) is 0.493. The van der Waals surface area contributed by atoms with Crippen molar-refractivity contribution in [2.45, 2.75) is 5.16 Å². The number of nitrogens with one attached hydrogen (secondary N) is 3. The molecular formula is C16H13ClN4O2S. The second-order valence-corrected chi connectivity index (χ2v) is 6.20. The van der Waals surface area contributed by atoms with Gasteiger partial charge in [0.25, 0.3) is 5.91 Å². The third-order valence-corrected chi connectivity index (χ3v) is 4.34. The minimum Gasteiger partial charge on any atom is -0.333 e. The van der Waals surface area contributed by atoms with Crippen molar-refractivity contribution in [3.8, 4) is 0 Å². The molecular weight excluding hydrogens is 348 g/mol. The van der Waals surface area contributed by atoms with E-state index in [0.717, 1.165) is 11.0 Å². The molecule has 0 unspecified atom stereocenters. The number of hydrogen-bond donors (Lipinski definition) is 3. The summed E-state index contributed by atoms with van der Waals surface area (Å²) in [5.74, 6) is -0.702. The number of hydrazine groups is 1. The lowest BCUT2D eigenvalue weighted by Crippen LogP contribution is -2.42. The number of thioether (sulfide) groups is 1. The lowest BCUT2D eigenvalue weighted by atomic mass is 10.2. The molecule has 2 aromatic carbocycles. The van der Waals surface area contributed by atoms with E-state index in [0.29, 0.717) is 15.7 Å². The van der Waals surface area contributed by atoms with E-state index in [9.17, 15) is 9.59 Å². The van der Waals surface area contributed by atoms with E-state index >= 15 is 0 Å². The van der Waals surface area contributed by atoms with Gasteiger partial charge in [0.15, 0.2) is 5.16 Å². The molecule has 0 saturated carbocycles. The fourth-order valence-electron chi connectivity index (χ4n) is 2.01. The van der Waals surface area contributed by atoms with Gasteiger partial charge in [-0.15, -0.1) is 0 Å². The molecule has 8 heteroatoms. The van der Waals surface area contributed by atoms with Gasteiger partial charge in [-0.1, -0.05) is 47.6 Å². The van der Waals surface area contributed by atoms with E-state index in [1.54, 1.807) is 24.3 Å². The molecule has 6 nitrogen and oxygen atoms in total. The first-order chi connectivity index (χ1) is 11.6. The van der Waals surface area contributed by atoms with Crippen LogP contribution in [0.3, 0.4) is 0 Å². The maximum absolute atomic E-state index is 11.9. The molecule has 1 heterocycles. The zero-order chi connectivity index (χ0) is 16.9. The highest BCUT2D eigenvalue weighted by Crippen LogP contribution is 2.18. The van der Waals surface area contributed by atoms with Crippen molar-refractivity contribution in [1.82, 2.24) is 20.8 Å². The molecule has 0 atom stereocenters. The lowest BCUT2D eigenvalue weighted by Gasteiger charge is -2.07. The summed E-state index contributed by atoms with van der Waals surface area (Å²) in [6.07, 6.45) is 0. The number of imidazole rings is 1. The molecule has 24 heavy (non-hydrogen) atoms. The molecule has 2 amide bonds. The summed E-state index contributed by atoms with van der Waals surface area (Å²) in [6.45, 7) is 0. The Kier molecular flexibility index (Phi) is 5.02. The number of amides is 2. The number of rotatable bonds is 4. The molecule has 0 spiro atoms. The number of aromatic nitrogens is 2. The number of hydrogen-bond acceptors (Lipinski definition) is 4. The maximum atomic E-state index is 11.9. The topological polar surface area (TPSA) is 86.9 Å². The molecule has 0 saturated heterocycles. The van der Waals surface area contributed by atoms with Crippen molar-refractivity contribution in [2.75, 3.05) is 5.75 Å². The number of benzene rings is 2. The number of aromatic amines is 1. The van der Waals surface area contributed by atoms with Gasteiger partial charge in [-0.25, -0.2) is 4.98 Å². The van der Waals surface area contributed by atoms with E-state index in [1.807, 2.05) is 24.3 Å². The summed E-state index contributed by atoms with van der Waals surface area (Å²) in [7, 11) is 0. The number of fused-ring (bicyclic) bond motifs is 1. The number of nitrogens with zero attached hydrogens (tertiary/aromatic N) is 1. The van der Waals surface area contributed by atoms with Crippen LogP contribution in [0.25, 0.3) is 11.0 Å². The van der Waals surface area contributed by atoms with E-state index in [4.69, 9.17) is 11.6 Å². The first kappa shape index (κ1) is 16.4. The van der Waals surface area contributed by atoms with Crippen LogP contribution in [0.1, 0.15) is 10.4 Å². The van der Waals surface area contributed by atoms with Gasteiger partial charge in [0, 0.05) is 0 Å². The molecule has 0 aliphatic heterocycles. The van der Waals surface area contributed by atoms with Crippen LogP contribution in [0.2, 0.25) is 5.02 Å². The molecule has 0 fully saturated rings. The zero-order valence-corrected chi connectivity index (χ0v) is 13.9. The summed E-state index contributed by atoms with van der Waals surface area (Å²) in [4.78, 5) is 31.2. The molecule has 0 aliphatic carbocycles. The highest BCUT2D eigenvalue weighted by molar-refractivity contribution is 7.99. The first-order valence-corrected chi connectivity index (χ1v) is 8.41. The smallest absolute Gasteiger partial charge is 0.271 e. The van der Waals surface area contributed by atoms with E-state index in [1.165, 1.54) is 11.8 Å². The van der Waals surface area contributed by atoms with Gasteiger partial charge in [-0.3, -0.25) is 20.4 Å². The maximum Gasteiger partial charge on any atom is 0.271 e. The molecule has 3 rings (SSSR count). The van der Waals surface area contributed by atoms with Crippen LogP contribution in [-0.2, 0) is 4.79 Å². The third kappa shape index (κ3) is 3.87. The van der Waals surface area contributed by atoms with Gasteiger partial charge in [0.1, 0.15) is 0 Å². The fourth-order valence-corrected chi connectivity index (χ4v) is 2.91. The Morgan fingerprint density at radius 3 is 2.62 bits per heavy atom. The minimum absolute atomic E-state index is 0.114. The van der Waals surface area contributed by atoms with Crippen LogP contribution in [-0.4, -0.2) is 27.5 Å². The summed E-state index contributed by atoms with van der Waals surface area (Å²) < 4.78 is 0. The molecule has 0 radical (unpaired) electrons. The van der Waals surface area contributed by atoms with Crippen LogP contribution in [0.5, 0.6) is 0 Å². The second-order valence-electron chi connectivity index (χ2n) is 4.83. The monoisotopic (exact) mass is 360 g/mol. The summed E-state index contributed by atoms with van der Waals surface area (Å²) in [6, 6.07) is 14.2. The van der Waals surface area contributed by atoms with E-state index < -0.39 is 5.91 Å². The Morgan fingerprint density at radius 1 is 1.08 bits per heavy atom. The second kappa shape index (κ2) is 7.37. The van der Waals surface area contributed by atoms with Gasteiger partial charge in [0.2, 0.25) is 5.91 Å². The van der Waals surface area contributed by atoms with E-state index in [-0.39, 0.29) is 11.7 Å². The van der Waals surface area contributed by atoms with Crippen molar-refractivity contribution < 1.29 is 9.59 Å². The molecule has 0 bridgehead atoms. The Morgan fingerprint density at radius 2 is 1.83 bits per heavy atom. The summed E-state index contributed by atoms with van der Waals surface area (Å²) in [5, 5.41) is 0.963. The molecule has 3 N–H and O–H groups in total. The Labute approximate surface area is 147 Å². The highest BCUT2D eigenvalue weighted by atomic mass is 35.5. The van der Waals surface area contributed by atoms with E-state index in [2.05, 4.69) is 20.8 Å². The Hall–Kier alpha value is -2.51. The first-order valence-electron chi connectivity index (χ1n) is 7.05. The molecule has 122 valence electrons. The third-order valence-electron chi connectivity index (χ3n) is 3.14. The normalized spacial score (nSPS) is 10.5. The van der Waals surface area contributed by atoms with Crippen molar-refractivity contribution in [3.63, 3.8) is 0 Å². The predicted octanol–water partition coefficient (Wildman–Crippen LogP) is 2.77. The summed E-state index contributed by atoms with van der Waals surface area (Å²) in [5.41, 5.74) is 6.73. The highest BCUT2D eigenvalue weighted by Gasteiger charge is 2.11. The van der Waals surface area contributed by atoms with Crippen molar-refractivity contribution in [2.24, 2.45) is 0 Å². The number of halogens is 1. The number of carbonyl (C=O) groups is 2. The average Bonchev–Trinajstić information content (AvgIpc) is 3.01. The number of H-pyrrole nitrogens is 1. The van der Waals surface area contributed by atoms with Crippen LogP contribution < -0.4 is 10.9 Å². The van der Waals surface area contributed by atoms with Crippen LogP contribution >= 0.6 is 23.4 Å². The minimum atomic E-state index is -0.470. The zero-order valence-electron chi connectivity index (χ0n) is 12.4. The van der Waals surface area contributed by atoms with Gasteiger partial charge in [0.05, 0.1) is 27.4 Å². The van der Waals surface area contributed by atoms with Crippen LogP contribution in [0, 0.1) is 0 Å². The average molecular weight is 361 g/mol. The molecule has 3 aromatic rings. The number of para-hydroxylation sites is 2.